The lowest BCUT2D eigenvalue weighted by Crippen LogP contribution is -2.38. The first kappa shape index (κ1) is 16.2. The lowest BCUT2D eigenvalue weighted by Gasteiger charge is -2.27. The third kappa shape index (κ3) is 5.33. The number of aryl methyl sites for hydroxylation is 2. The smallest absolute Gasteiger partial charge is 0.108 e. The molecule has 0 heterocycles. The maximum atomic E-state index is 10.3. The fourth-order valence-corrected chi connectivity index (χ4v) is 2.73. The van der Waals surface area contributed by atoms with Crippen molar-refractivity contribution in [2.75, 3.05) is 0 Å². The van der Waals surface area contributed by atoms with Crippen LogP contribution in [0.5, 0.6) is 0 Å². The Hall–Kier alpha value is -0.860. The Bertz CT molecular complexity index is 367. The van der Waals surface area contributed by atoms with E-state index in [1.165, 1.54) is 16.7 Å². The fraction of sp³-hybridized carbons (Fsp3) is 0.647. The van der Waals surface area contributed by atoms with E-state index in [1.54, 1.807) is 0 Å². The van der Waals surface area contributed by atoms with Crippen molar-refractivity contribution in [1.29, 1.82) is 0 Å². The molecule has 0 aliphatic heterocycles. The second-order valence-electron chi connectivity index (χ2n) is 6.02. The van der Waals surface area contributed by atoms with Crippen molar-refractivity contribution in [3.05, 3.63) is 34.9 Å². The summed E-state index contributed by atoms with van der Waals surface area (Å²) in [5.74, 6) is 0.831. The normalized spacial score (nSPS) is 14.7. The highest BCUT2D eigenvalue weighted by atomic mass is 16.3. The van der Waals surface area contributed by atoms with E-state index in [0.717, 1.165) is 19.4 Å². The third-order valence-electron chi connectivity index (χ3n) is 3.68. The minimum atomic E-state index is -0.416. The van der Waals surface area contributed by atoms with E-state index in [0.29, 0.717) is 11.8 Å². The molecule has 2 heteroatoms. The molecule has 0 spiro atoms. The van der Waals surface area contributed by atoms with E-state index in [9.17, 15) is 5.11 Å². The molecule has 0 saturated carbocycles. The van der Waals surface area contributed by atoms with Crippen molar-refractivity contribution >= 4 is 0 Å². The van der Waals surface area contributed by atoms with Crippen molar-refractivity contribution in [3.63, 3.8) is 0 Å². The SMILES string of the molecule is CCCC(C(C)C)C(O)NCc1cc(C)cc(C)c1. The molecule has 1 aromatic rings. The Morgan fingerprint density at radius 2 is 1.68 bits per heavy atom. The first-order chi connectivity index (χ1) is 8.93. The standard InChI is InChI=1S/C17H29NO/c1-6-7-16(12(2)3)17(19)18-11-15-9-13(4)8-14(5)10-15/h8-10,12,16-19H,6-7,11H2,1-5H3. The Morgan fingerprint density at radius 3 is 2.16 bits per heavy atom. The monoisotopic (exact) mass is 263 g/mol. The summed E-state index contributed by atoms with van der Waals surface area (Å²) in [6.07, 6.45) is 1.77. The number of hydrogen-bond donors (Lipinski definition) is 2. The molecule has 2 nitrogen and oxygen atoms in total. The van der Waals surface area contributed by atoms with Crippen LogP contribution >= 0.6 is 0 Å². The minimum Gasteiger partial charge on any atom is -0.378 e. The van der Waals surface area contributed by atoms with E-state index in [-0.39, 0.29) is 0 Å². The molecule has 0 radical (unpaired) electrons. The van der Waals surface area contributed by atoms with Crippen LogP contribution in [0, 0.1) is 25.7 Å². The summed E-state index contributed by atoms with van der Waals surface area (Å²) in [5, 5.41) is 13.6. The van der Waals surface area contributed by atoms with Gasteiger partial charge in [0.2, 0.25) is 0 Å². The molecule has 0 fully saturated rings. The molecule has 2 atom stereocenters. The number of hydrogen-bond acceptors (Lipinski definition) is 2. The van der Waals surface area contributed by atoms with Gasteiger partial charge in [-0.25, -0.2) is 0 Å². The van der Waals surface area contributed by atoms with Gasteiger partial charge in [0.15, 0.2) is 0 Å². The van der Waals surface area contributed by atoms with E-state index in [4.69, 9.17) is 0 Å². The lowest BCUT2D eigenvalue weighted by atomic mass is 9.89. The zero-order valence-corrected chi connectivity index (χ0v) is 13.0. The van der Waals surface area contributed by atoms with Gasteiger partial charge in [0.05, 0.1) is 0 Å². The molecule has 2 unspecified atom stereocenters. The molecule has 0 bridgehead atoms. The van der Waals surface area contributed by atoms with Crippen molar-refractivity contribution < 1.29 is 5.11 Å². The fourth-order valence-electron chi connectivity index (χ4n) is 2.73. The minimum absolute atomic E-state index is 0.330. The summed E-state index contributed by atoms with van der Waals surface area (Å²) in [7, 11) is 0. The second-order valence-corrected chi connectivity index (χ2v) is 6.02. The molecule has 0 saturated heterocycles. The summed E-state index contributed by atoms with van der Waals surface area (Å²) in [4.78, 5) is 0. The lowest BCUT2D eigenvalue weighted by molar-refractivity contribution is 0.0448. The van der Waals surface area contributed by atoms with Crippen LogP contribution in [0.4, 0.5) is 0 Å². The Labute approximate surface area is 118 Å². The number of aliphatic hydroxyl groups is 1. The highest BCUT2D eigenvalue weighted by Crippen LogP contribution is 2.20. The van der Waals surface area contributed by atoms with Gasteiger partial charge in [0.1, 0.15) is 6.23 Å². The van der Waals surface area contributed by atoms with Crippen LogP contribution in [-0.4, -0.2) is 11.3 Å². The highest BCUT2D eigenvalue weighted by molar-refractivity contribution is 5.28. The van der Waals surface area contributed by atoms with Crippen LogP contribution in [0.25, 0.3) is 0 Å². The zero-order valence-electron chi connectivity index (χ0n) is 13.0. The molecule has 19 heavy (non-hydrogen) atoms. The van der Waals surface area contributed by atoms with Crippen molar-refractivity contribution in [3.8, 4) is 0 Å². The molecular weight excluding hydrogens is 234 g/mol. The molecule has 0 aliphatic carbocycles. The summed E-state index contributed by atoms with van der Waals surface area (Å²) >= 11 is 0. The van der Waals surface area contributed by atoms with Gasteiger partial charge in [-0.05, 0) is 31.7 Å². The van der Waals surface area contributed by atoms with E-state index < -0.39 is 6.23 Å². The van der Waals surface area contributed by atoms with E-state index in [2.05, 4.69) is 58.1 Å². The molecule has 0 aliphatic rings. The molecule has 108 valence electrons. The average molecular weight is 263 g/mol. The van der Waals surface area contributed by atoms with Gasteiger partial charge >= 0.3 is 0 Å². The largest absolute Gasteiger partial charge is 0.378 e. The van der Waals surface area contributed by atoms with Crippen LogP contribution < -0.4 is 5.32 Å². The van der Waals surface area contributed by atoms with Crippen LogP contribution in [0.15, 0.2) is 18.2 Å². The van der Waals surface area contributed by atoms with Gasteiger partial charge in [-0.3, -0.25) is 5.32 Å². The summed E-state index contributed by atoms with van der Waals surface area (Å²) < 4.78 is 0. The van der Waals surface area contributed by atoms with Gasteiger partial charge in [0.25, 0.3) is 0 Å². The molecular formula is C17H29NO. The first-order valence-corrected chi connectivity index (χ1v) is 7.42. The predicted molar refractivity (Wildman–Crippen MR) is 82.0 cm³/mol. The van der Waals surface area contributed by atoms with Gasteiger partial charge in [-0.1, -0.05) is 56.5 Å². The predicted octanol–water partition coefficient (Wildman–Crippen LogP) is 3.78. The van der Waals surface area contributed by atoms with Gasteiger partial charge in [-0.15, -0.1) is 0 Å². The first-order valence-electron chi connectivity index (χ1n) is 7.42. The maximum Gasteiger partial charge on any atom is 0.108 e. The van der Waals surface area contributed by atoms with Crippen LogP contribution in [0.1, 0.15) is 50.3 Å². The number of benzene rings is 1. The molecule has 0 amide bonds. The van der Waals surface area contributed by atoms with E-state index in [1.807, 2.05) is 0 Å². The molecule has 1 rings (SSSR count). The van der Waals surface area contributed by atoms with Crippen LogP contribution in [0.2, 0.25) is 0 Å². The highest BCUT2D eigenvalue weighted by Gasteiger charge is 2.21. The van der Waals surface area contributed by atoms with Gasteiger partial charge in [-0.2, -0.15) is 0 Å². The number of rotatable bonds is 7. The van der Waals surface area contributed by atoms with Crippen molar-refractivity contribution in [1.82, 2.24) is 5.32 Å². The van der Waals surface area contributed by atoms with Crippen LogP contribution in [-0.2, 0) is 6.54 Å². The molecule has 2 N–H and O–H groups in total. The quantitative estimate of drug-likeness (QED) is 0.734. The maximum absolute atomic E-state index is 10.3. The van der Waals surface area contributed by atoms with E-state index >= 15 is 0 Å². The molecule has 0 aromatic heterocycles. The van der Waals surface area contributed by atoms with Gasteiger partial charge < -0.3 is 5.11 Å². The summed E-state index contributed by atoms with van der Waals surface area (Å²) in [5.41, 5.74) is 3.80. The number of nitrogens with one attached hydrogen (secondary N) is 1. The Morgan fingerprint density at radius 1 is 1.11 bits per heavy atom. The Kier molecular flexibility index (Phi) is 6.53. The third-order valence-corrected chi connectivity index (χ3v) is 3.68. The topological polar surface area (TPSA) is 32.3 Å². The van der Waals surface area contributed by atoms with Crippen molar-refractivity contribution in [2.24, 2.45) is 11.8 Å². The summed E-state index contributed by atoms with van der Waals surface area (Å²) in [6.45, 7) is 11.5. The zero-order chi connectivity index (χ0) is 14.4. The van der Waals surface area contributed by atoms with Crippen molar-refractivity contribution in [2.45, 2.75) is 60.2 Å². The summed E-state index contributed by atoms with van der Waals surface area (Å²) in [6, 6.07) is 6.53. The number of aliphatic hydroxyl groups excluding tert-OH is 1. The van der Waals surface area contributed by atoms with Gasteiger partial charge in [0, 0.05) is 12.5 Å². The Balaban J connectivity index is 2.59. The second kappa shape index (κ2) is 7.66. The van der Waals surface area contributed by atoms with Crippen LogP contribution in [0.3, 0.4) is 0 Å². The average Bonchev–Trinajstić information content (AvgIpc) is 2.31. The molecule has 1 aromatic carbocycles.